The van der Waals surface area contributed by atoms with E-state index in [1.807, 2.05) is 13.0 Å². The Labute approximate surface area is 125 Å². The minimum Gasteiger partial charge on any atom is -0.384 e. The fraction of sp³-hybridized carbons (Fsp3) is 0.278. The smallest absolute Gasteiger partial charge is 0.123 e. The highest BCUT2D eigenvalue weighted by Crippen LogP contribution is 2.35. The average Bonchev–Trinajstić information content (AvgIpc) is 2.45. The molecule has 0 amide bonds. The maximum absolute atomic E-state index is 7.60. The molecule has 1 unspecified atom stereocenters. The summed E-state index contributed by atoms with van der Waals surface area (Å²) in [6, 6.07) is 14.8. The van der Waals surface area contributed by atoms with Gasteiger partial charge >= 0.3 is 0 Å². The largest absolute Gasteiger partial charge is 0.384 e. The number of nitrogens with one attached hydrogen (secondary N) is 1. The number of nitrogens with zero attached hydrogens (tertiary/aromatic N) is 1. The van der Waals surface area contributed by atoms with E-state index in [0.29, 0.717) is 5.92 Å². The number of rotatable bonds is 2. The van der Waals surface area contributed by atoms with Crippen molar-refractivity contribution >= 4 is 17.2 Å². The van der Waals surface area contributed by atoms with E-state index >= 15 is 0 Å². The minimum atomic E-state index is 0.131. The maximum atomic E-state index is 7.60. The molecule has 3 N–H and O–H groups in total. The molecule has 1 atom stereocenters. The van der Waals surface area contributed by atoms with Crippen LogP contribution in [0.25, 0.3) is 0 Å². The number of hydrogen-bond donors (Lipinski definition) is 2. The van der Waals surface area contributed by atoms with E-state index in [0.717, 1.165) is 24.1 Å². The Morgan fingerprint density at radius 1 is 1.24 bits per heavy atom. The van der Waals surface area contributed by atoms with Crippen LogP contribution in [0.4, 0.5) is 11.4 Å². The molecule has 2 aromatic carbocycles. The number of benzene rings is 2. The third-order valence-corrected chi connectivity index (χ3v) is 4.16. The molecule has 2 aromatic rings. The van der Waals surface area contributed by atoms with Crippen LogP contribution < -0.4 is 10.6 Å². The lowest BCUT2D eigenvalue weighted by molar-refractivity contribution is 0.562. The van der Waals surface area contributed by atoms with Gasteiger partial charge in [-0.2, -0.15) is 0 Å². The van der Waals surface area contributed by atoms with Crippen LogP contribution in [0, 0.1) is 18.3 Å². The van der Waals surface area contributed by atoms with E-state index < -0.39 is 0 Å². The molecule has 3 rings (SSSR count). The molecule has 0 saturated heterocycles. The first kappa shape index (κ1) is 13.7. The monoisotopic (exact) mass is 279 g/mol. The summed E-state index contributed by atoms with van der Waals surface area (Å²) in [5.41, 5.74) is 11.4. The van der Waals surface area contributed by atoms with Gasteiger partial charge in [-0.25, -0.2) is 0 Å². The van der Waals surface area contributed by atoms with Crippen LogP contribution in [0.15, 0.2) is 42.5 Å². The van der Waals surface area contributed by atoms with Crippen LogP contribution in [-0.2, 0) is 6.42 Å². The minimum absolute atomic E-state index is 0.131. The summed E-state index contributed by atoms with van der Waals surface area (Å²) in [5, 5.41) is 7.60. The van der Waals surface area contributed by atoms with Crippen LogP contribution >= 0.6 is 0 Å². The topological polar surface area (TPSA) is 53.1 Å². The van der Waals surface area contributed by atoms with Crippen LogP contribution in [0.1, 0.15) is 23.6 Å². The summed E-state index contributed by atoms with van der Waals surface area (Å²) < 4.78 is 0. The number of anilines is 2. The zero-order chi connectivity index (χ0) is 15.0. The third-order valence-electron chi connectivity index (χ3n) is 4.16. The zero-order valence-electron chi connectivity index (χ0n) is 12.6. The van der Waals surface area contributed by atoms with Crippen LogP contribution in [0.5, 0.6) is 0 Å². The van der Waals surface area contributed by atoms with Crippen molar-refractivity contribution in [1.29, 1.82) is 5.41 Å². The second kappa shape index (κ2) is 5.24. The Balaban J connectivity index is 2.05. The molecule has 3 heteroatoms. The van der Waals surface area contributed by atoms with Gasteiger partial charge in [0, 0.05) is 23.5 Å². The first-order valence-corrected chi connectivity index (χ1v) is 7.36. The molecule has 3 nitrogen and oxygen atoms in total. The molecule has 1 heterocycles. The van der Waals surface area contributed by atoms with Gasteiger partial charge in [0.1, 0.15) is 5.84 Å². The van der Waals surface area contributed by atoms with Crippen LogP contribution in [-0.4, -0.2) is 12.4 Å². The summed E-state index contributed by atoms with van der Waals surface area (Å²) in [6.07, 6.45) is 1.14. The average molecular weight is 279 g/mol. The Bertz CT molecular complexity index is 691. The van der Waals surface area contributed by atoms with Crippen molar-refractivity contribution in [2.24, 2.45) is 11.7 Å². The highest BCUT2D eigenvalue weighted by Gasteiger charge is 2.22. The van der Waals surface area contributed by atoms with Gasteiger partial charge < -0.3 is 10.6 Å². The molecule has 108 valence electrons. The number of aryl methyl sites for hydroxylation is 1. The van der Waals surface area contributed by atoms with E-state index in [1.54, 1.807) is 0 Å². The Kier molecular flexibility index (Phi) is 3.42. The Morgan fingerprint density at radius 2 is 2.00 bits per heavy atom. The number of hydrogen-bond acceptors (Lipinski definition) is 2. The molecule has 0 aliphatic carbocycles. The molecule has 21 heavy (non-hydrogen) atoms. The van der Waals surface area contributed by atoms with Gasteiger partial charge in [-0.15, -0.1) is 0 Å². The zero-order valence-corrected chi connectivity index (χ0v) is 12.6. The molecule has 0 bridgehead atoms. The number of para-hydroxylation sites is 1. The van der Waals surface area contributed by atoms with Crippen LogP contribution in [0.2, 0.25) is 0 Å². The quantitative estimate of drug-likeness (QED) is 0.652. The van der Waals surface area contributed by atoms with Gasteiger partial charge in [0.15, 0.2) is 0 Å². The SMILES string of the molecule is Cc1cc(N2CC(C)Cc3ccccc32)ccc1C(=N)N. The van der Waals surface area contributed by atoms with Crippen molar-refractivity contribution in [3.8, 4) is 0 Å². The lowest BCUT2D eigenvalue weighted by atomic mass is 9.93. The normalized spacial score (nSPS) is 17.4. The van der Waals surface area contributed by atoms with Crippen molar-refractivity contribution < 1.29 is 0 Å². The van der Waals surface area contributed by atoms with Gasteiger partial charge in [-0.3, -0.25) is 5.41 Å². The van der Waals surface area contributed by atoms with Gasteiger partial charge in [0.25, 0.3) is 0 Å². The van der Waals surface area contributed by atoms with E-state index in [9.17, 15) is 0 Å². The van der Waals surface area contributed by atoms with Crippen molar-refractivity contribution in [2.75, 3.05) is 11.4 Å². The van der Waals surface area contributed by atoms with Crippen molar-refractivity contribution in [3.05, 3.63) is 59.2 Å². The van der Waals surface area contributed by atoms with Gasteiger partial charge in [0.2, 0.25) is 0 Å². The number of nitrogens with two attached hydrogens (primary N) is 1. The summed E-state index contributed by atoms with van der Waals surface area (Å²) in [7, 11) is 0. The highest BCUT2D eigenvalue weighted by atomic mass is 15.1. The van der Waals surface area contributed by atoms with Crippen molar-refractivity contribution in [2.45, 2.75) is 20.3 Å². The Morgan fingerprint density at radius 3 is 2.71 bits per heavy atom. The predicted molar refractivity (Wildman–Crippen MR) is 88.5 cm³/mol. The fourth-order valence-electron chi connectivity index (χ4n) is 3.16. The van der Waals surface area contributed by atoms with Crippen LogP contribution in [0.3, 0.4) is 0 Å². The lowest BCUT2D eigenvalue weighted by Gasteiger charge is -2.35. The fourth-order valence-corrected chi connectivity index (χ4v) is 3.16. The number of fused-ring (bicyclic) bond motifs is 1. The van der Waals surface area contributed by atoms with E-state index in [-0.39, 0.29) is 5.84 Å². The van der Waals surface area contributed by atoms with E-state index in [2.05, 4.69) is 48.2 Å². The molecular formula is C18H21N3. The highest BCUT2D eigenvalue weighted by molar-refractivity contribution is 5.96. The summed E-state index contributed by atoms with van der Waals surface area (Å²) in [6.45, 7) is 5.33. The van der Waals surface area contributed by atoms with Gasteiger partial charge in [-0.1, -0.05) is 25.1 Å². The number of nitrogen functional groups attached to an aromatic ring is 1. The Hall–Kier alpha value is -2.29. The van der Waals surface area contributed by atoms with E-state index in [4.69, 9.17) is 11.1 Å². The van der Waals surface area contributed by atoms with Crippen molar-refractivity contribution in [3.63, 3.8) is 0 Å². The summed E-state index contributed by atoms with van der Waals surface area (Å²) in [4.78, 5) is 2.38. The second-order valence-electron chi connectivity index (χ2n) is 5.96. The summed E-state index contributed by atoms with van der Waals surface area (Å²) >= 11 is 0. The first-order chi connectivity index (χ1) is 10.1. The number of amidine groups is 1. The molecule has 0 fully saturated rings. The maximum Gasteiger partial charge on any atom is 0.123 e. The molecule has 1 aliphatic heterocycles. The molecule has 0 saturated carbocycles. The molecule has 0 radical (unpaired) electrons. The lowest BCUT2D eigenvalue weighted by Crippen LogP contribution is -2.30. The molecule has 0 aromatic heterocycles. The first-order valence-electron chi connectivity index (χ1n) is 7.36. The van der Waals surface area contributed by atoms with Gasteiger partial charge in [-0.05, 0) is 54.7 Å². The second-order valence-corrected chi connectivity index (χ2v) is 5.96. The molecule has 0 spiro atoms. The van der Waals surface area contributed by atoms with Crippen molar-refractivity contribution in [1.82, 2.24) is 0 Å². The molecule has 1 aliphatic rings. The predicted octanol–water partition coefficient (Wildman–Crippen LogP) is 3.61. The standard InChI is InChI=1S/C18H21N3/c1-12-9-14-5-3-4-6-17(14)21(11-12)15-7-8-16(18(19)20)13(2)10-15/h3-8,10,12H,9,11H2,1-2H3,(H3,19,20). The summed E-state index contributed by atoms with van der Waals surface area (Å²) in [5.74, 6) is 0.763. The van der Waals surface area contributed by atoms with Gasteiger partial charge in [0.05, 0.1) is 0 Å². The van der Waals surface area contributed by atoms with E-state index in [1.165, 1.54) is 16.9 Å². The molecular weight excluding hydrogens is 258 g/mol. The third kappa shape index (κ3) is 2.51.